The predicted molar refractivity (Wildman–Crippen MR) is 87.3 cm³/mol. The van der Waals surface area contributed by atoms with E-state index in [1.54, 1.807) is 6.07 Å². The number of hydrogen-bond acceptors (Lipinski definition) is 1. The SMILES string of the molecule is Cc1ccc(-c2ccc(OCc3ccccc3)c(F)c2)cc1. The molecule has 0 aromatic heterocycles. The summed E-state index contributed by atoms with van der Waals surface area (Å²) in [5.41, 5.74) is 4.06. The van der Waals surface area contributed by atoms with Gasteiger partial charge in [-0.3, -0.25) is 0 Å². The molecular formula is C20H17FO. The summed E-state index contributed by atoms with van der Waals surface area (Å²) in [7, 11) is 0. The predicted octanol–water partition coefficient (Wildman–Crippen LogP) is 5.38. The first-order chi connectivity index (χ1) is 10.7. The van der Waals surface area contributed by atoms with Gasteiger partial charge < -0.3 is 4.74 Å². The quantitative estimate of drug-likeness (QED) is 0.627. The Morgan fingerprint density at radius 1 is 0.818 bits per heavy atom. The molecular weight excluding hydrogens is 275 g/mol. The highest BCUT2D eigenvalue weighted by Crippen LogP contribution is 2.26. The van der Waals surface area contributed by atoms with Gasteiger partial charge in [-0.25, -0.2) is 4.39 Å². The van der Waals surface area contributed by atoms with Crippen molar-refractivity contribution in [2.45, 2.75) is 13.5 Å². The Morgan fingerprint density at radius 2 is 1.50 bits per heavy atom. The summed E-state index contributed by atoms with van der Waals surface area (Å²) in [6.07, 6.45) is 0. The minimum atomic E-state index is -0.339. The van der Waals surface area contributed by atoms with Crippen molar-refractivity contribution in [1.82, 2.24) is 0 Å². The summed E-state index contributed by atoms with van der Waals surface area (Å²) in [6, 6.07) is 22.9. The fraction of sp³-hybridized carbons (Fsp3) is 0.100. The van der Waals surface area contributed by atoms with Gasteiger partial charge in [0.15, 0.2) is 11.6 Å². The molecule has 0 fully saturated rings. The monoisotopic (exact) mass is 292 g/mol. The molecule has 3 aromatic rings. The fourth-order valence-corrected chi connectivity index (χ4v) is 2.28. The Morgan fingerprint density at radius 3 is 2.18 bits per heavy atom. The van der Waals surface area contributed by atoms with Crippen molar-refractivity contribution < 1.29 is 9.13 Å². The summed E-state index contributed by atoms with van der Waals surface area (Å²) in [6.45, 7) is 2.40. The van der Waals surface area contributed by atoms with Gasteiger partial charge in [-0.1, -0.05) is 66.2 Å². The van der Waals surface area contributed by atoms with Crippen LogP contribution < -0.4 is 4.74 Å². The van der Waals surface area contributed by atoms with Crippen molar-refractivity contribution in [3.05, 3.63) is 89.7 Å². The lowest BCUT2D eigenvalue weighted by atomic mass is 10.0. The van der Waals surface area contributed by atoms with Gasteiger partial charge in [0.1, 0.15) is 6.61 Å². The molecule has 0 saturated heterocycles. The third kappa shape index (κ3) is 3.34. The smallest absolute Gasteiger partial charge is 0.165 e. The lowest BCUT2D eigenvalue weighted by Crippen LogP contribution is -1.97. The summed E-state index contributed by atoms with van der Waals surface area (Å²) in [5, 5.41) is 0. The Kier molecular flexibility index (Phi) is 4.19. The van der Waals surface area contributed by atoms with E-state index < -0.39 is 0 Å². The van der Waals surface area contributed by atoms with Crippen LogP contribution in [0.15, 0.2) is 72.8 Å². The van der Waals surface area contributed by atoms with Crippen LogP contribution in [-0.2, 0) is 6.61 Å². The maximum absolute atomic E-state index is 14.2. The molecule has 0 amide bonds. The first kappa shape index (κ1) is 14.3. The number of halogens is 1. The van der Waals surface area contributed by atoms with Gasteiger partial charge in [0, 0.05) is 0 Å². The van der Waals surface area contributed by atoms with Gasteiger partial charge in [-0.05, 0) is 35.7 Å². The van der Waals surface area contributed by atoms with Crippen molar-refractivity contribution in [1.29, 1.82) is 0 Å². The number of hydrogen-bond donors (Lipinski definition) is 0. The van der Waals surface area contributed by atoms with E-state index in [4.69, 9.17) is 4.74 Å². The van der Waals surface area contributed by atoms with Crippen LogP contribution in [0.2, 0.25) is 0 Å². The molecule has 0 aliphatic heterocycles. The molecule has 1 nitrogen and oxygen atoms in total. The largest absolute Gasteiger partial charge is 0.486 e. The highest BCUT2D eigenvalue weighted by atomic mass is 19.1. The van der Waals surface area contributed by atoms with Crippen LogP contribution >= 0.6 is 0 Å². The van der Waals surface area contributed by atoms with Crippen molar-refractivity contribution in [3.8, 4) is 16.9 Å². The van der Waals surface area contributed by atoms with Gasteiger partial charge in [0.25, 0.3) is 0 Å². The standard InChI is InChI=1S/C20H17FO/c1-15-7-9-17(10-8-15)18-11-12-20(19(21)13-18)22-14-16-5-3-2-4-6-16/h2-13H,14H2,1H3. The van der Waals surface area contributed by atoms with E-state index >= 15 is 0 Å². The van der Waals surface area contributed by atoms with E-state index in [1.807, 2.05) is 67.6 Å². The molecule has 0 heterocycles. The van der Waals surface area contributed by atoms with Gasteiger partial charge in [0.05, 0.1) is 0 Å². The fourth-order valence-electron chi connectivity index (χ4n) is 2.28. The highest BCUT2D eigenvalue weighted by Gasteiger charge is 2.06. The Bertz CT molecular complexity index is 748. The zero-order valence-corrected chi connectivity index (χ0v) is 12.4. The number of benzene rings is 3. The zero-order chi connectivity index (χ0) is 15.4. The summed E-state index contributed by atoms with van der Waals surface area (Å²) < 4.78 is 19.8. The molecule has 0 radical (unpaired) electrons. The molecule has 0 saturated carbocycles. The minimum Gasteiger partial charge on any atom is -0.486 e. The molecule has 0 N–H and O–H groups in total. The van der Waals surface area contributed by atoms with Crippen molar-refractivity contribution in [2.24, 2.45) is 0 Å². The average molecular weight is 292 g/mol. The van der Waals surface area contributed by atoms with Crippen LogP contribution in [0.3, 0.4) is 0 Å². The van der Waals surface area contributed by atoms with E-state index in [9.17, 15) is 4.39 Å². The van der Waals surface area contributed by atoms with Gasteiger partial charge in [-0.2, -0.15) is 0 Å². The van der Waals surface area contributed by atoms with Gasteiger partial charge >= 0.3 is 0 Å². The van der Waals surface area contributed by atoms with E-state index in [2.05, 4.69) is 0 Å². The molecule has 3 rings (SSSR count). The maximum atomic E-state index is 14.2. The zero-order valence-electron chi connectivity index (χ0n) is 12.4. The first-order valence-electron chi connectivity index (χ1n) is 7.26. The molecule has 22 heavy (non-hydrogen) atoms. The van der Waals surface area contributed by atoms with Crippen LogP contribution in [0.1, 0.15) is 11.1 Å². The van der Waals surface area contributed by atoms with Crippen molar-refractivity contribution >= 4 is 0 Å². The molecule has 0 bridgehead atoms. The maximum Gasteiger partial charge on any atom is 0.165 e. The van der Waals surface area contributed by atoms with Crippen molar-refractivity contribution in [3.63, 3.8) is 0 Å². The van der Waals surface area contributed by atoms with E-state index in [0.29, 0.717) is 6.61 Å². The average Bonchev–Trinajstić information content (AvgIpc) is 2.55. The van der Waals surface area contributed by atoms with Gasteiger partial charge in [0.2, 0.25) is 0 Å². The van der Waals surface area contributed by atoms with Crippen LogP contribution in [0.5, 0.6) is 5.75 Å². The highest BCUT2D eigenvalue weighted by molar-refractivity contribution is 5.64. The molecule has 3 aromatic carbocycles. The lowest BCUT2D eigenvalue weighted by molar-refractivity contribution is 0.290. The number of rotatable bonds is 4. The molecule has 0 atom stereocenters. The second kappa shape index (κ2) is 6.44. The summed E-state index contributed by atoms with van der Waals surface area (Å²) in [5.74, 6) is -0.0614. The molecule has 110 valence electrons. The topological polar surface area (TPSA) is 9.23 Å². The van der Waals surface area contributed by atoms with Crippen molar-refractivity contribution in [2.75, 3.05) is 0 Å². The van der Waals surface area contributed by atoms with E-state index in [1.165, 1.54) is 11.6 Å². The second-order valence-electron chi connectivity index (χ2n) is 5.29. The van der Waals surface area contributed by atoms with Crippen LogP contribution in [0, 0.1) is 12.7 Å². The molecule has 2 heteroatoms. The van der Waals surface area contributed by atoms with E-state index in [-0.39, 0.29) is 11.6 Å². The third-order valence-electron chi connectivity index (χ3n) is 3.55. The minimum absolute atomic E-state index is 0.278. The third-order valence-corrected chi connectivity index (χ3v) is 3.55. The summed E-state index contributed by atoms with van der Waals surface area (Å²) >= 11 is 0. The Labute approximate surface area is 130 Å². The Hall–Kier alpha value is -2.61. The normalized spacial score (nSPS) is 10.5. The number of aryl methyl sites for hydroxylation is 1. The lowest BCUT2D eigenvalue weighted by Gasteiger charge is -2.09. The molecule has 0 aliphatic carbocycles. The van der Waals surface area contributed by atoms with Gasteiger partial charge in [-0.15, -0.1) is 0 Å². The molecule has 0 aliphatic rings. The van der Waals surface area contributed by atoms with Crippen LogP contribution in [0.25, 0.3) is 11.1 Å². The van der Waals surface area contributed by atoms with Crippen LogP contribution in [0.4, 0.5) is 4.39 Å². The number of ether oxygens (including phenoxy) is 1. The van der Waals surface area contributed by atoms with E-state index in [0.717, 1.165) is 16.7 Å². The van der Waals surface area contributed by atoms with Crippen LogP contribution in [-0.4, -0.2) is 0 Å². The molecule has 0 unspecified atom stereocenters. The first-order valence-corrected chi connectivity index (χ1v) is 7.26. The second-order valence-corrected chi connectivity index (χ2v) is 5.29. The Balaban J connectivity index is 1.76. The summed E-state index contributed by atoms with van der Waals surface area (Å²) in [4.78, 5) is 0. The molecule has 0 spiro atoms.